The molecular weight excluding hydrogens is 123 g/mol. The number of nitrogens with one attached hydrogen (secondary N) is 1. The first-order chi connectivity index (χ1) is 2.56. The van der Waals surface area contributed by atoms with E-state index >= 15 is 0 Å². The van der Waals surface area contributed by atoms with Gasteiger partial charge in [0.1, 0.15) is 0 Å². The average Bonchev–Trinajstić information content (AvgIpc) is 1.35. The van der Waals surface area contributed by atoms with Crippen molar-refractivity contribution in [1.82, 2.24) is 5.43 Å². The van der Waals surface area contributed by atoms with E-state index < -0.39 is 4.46 Å². The molecule has 0 aliphatic heterocycles. The van der Waals surface area contributed by atoms with Crippen LogP contribution in [0.2, 0.25) is 0 Å². The zero-order chi connectivity index (χ0) is 5.21. The zero-order valence-electron chi connectivity index (χ0n) is 3.33. The molecule has 0 amide bonds. The van der Waals surface area contributed by atoms with Crippen LogP contribution in [0, 0.1) is 0 Å². The lowest BCUT2D eigenvalue weighted by Gasteiger charge is -2.08. The van der Waals surface area contributed by atoms with Gasteiger partial charge in [-0.25, -0.2) is 5.43 Å². The number of rotatable bonds is 1. The van der Waals surface area contributed by atoms with E-state index in [1.165, 1.54) is 6.92 Å². The number of alkyl halides is 2. The molecule has 3 N–H and O–H groups in total. The van der Waals surface area contributed by atoms with E-state index in [9.17, 15) is 0 Å². The predicted molar refractivity (Wildman–Crippen MR) is 27.4 cm³/mol. The van der Waals surface area contributed by atoms with Crippen LogP contribution in [0.3, 0.4) is 0 Å². The molecule has 0 saturated carbocycles. The molecule has 0 aromatic carbocycles. The molecule has 0 spiro atoms. The summed E-state index contributed by atoms with van der Waals surface area (Å²) in [6, 6.07) is 0. The normalized spacial score (nSPS) is 12.0. The van der Waals surface area contributed by atoms with Crippen molar-refractivity contribution in [2.45, 2.75) is 11.4 Å². The third-order valence-electron chi connectivity index (χ3n) is 0.253. The monoisotopic (exact) mass is 128 g/mol. The second-order valence-corrected chi connectivity index (χ2v) is 2.74. The van der Waals surface area contributed by atoms with Gasteiger partial charge in [0.25, 0.3) is 0 Å². The molecule has 38 valence electrons. The van der Waals surface area contributed by atoms with Gasteiger partial charge in [-0.05, 0) is 6.92 Å². The van der Waals surface area contributed by atoms with Gasteiger partial charge in [0, 0.05) is 0 Å². The Morgan fingerprint density at radius 3 is 1.83 bits per heavy atom. The molecule has 0 atom stereocenters. The molecule has 0 aromatic heterocycles. The Bertz CT molecular complexity index is 39.3. The van der Waals surface area contributed by atoms with Crippen molar-refractivity contribution in [2.24, 2.45) is 5.84 Å². The van der Waals surface area contributed by atoms with Crippen LogP contribution < -0.4 is 11.3 Å². The smallest absolute Gasteiger partial charge is 0.177 e. The van der Waals surface area contributed by atoms with E-state index in [4.69, 9.17) is 29.0 Å². The fourth-order valence-electron chi connectivity index (χ4n) is 0. The van der Waals surface area contributed by atoms with Crippen molar-refractivity contribution in [3.8, 4) is 0 Å². The Balaban J connectivity index is 3.17. The first-order valence-corrected chi connectivity index (χ1v) is 2.17. The van der Waals surface area contributed by atoms with Gasteiger partial charge in [0.15, 0.2) is 4.46 Å². The molecule has 0 aliphatic rings. The summed E-state index contributed by atoms with van der Waals surface area (Å²) in [5.41, 5.74) is 2.14. The standard InChI is InChI=1S/C2H6Cl2N2/c1-2(3,4)6-5/h6H,5H2,1H3. The average molecular weight is 129 g/mol. The number of halogens is 2. The molecule has 0 radical (unpaired) electrons. The molecule has 2 nitrogen and oxygen atoms in total. The third kappa shape index (κ3) is 4.50. The molecule has 0 rings (SSSR count). The summed E-state index contributed by atoms with van der Waals surface area (Å²) >= 11 is 10.5. The Kier molecular flexibility index (Phi) is 2.15. The summed E-state index contributed by atoms with van der Waals surface area (Å²) < 4.78 is -0.986. The SMILES string of the molecule is CC(Cl)(Cl)NN. The molecule has 0 bridgehead atoms. The molecule has 0 fully saturated rings. The Morgan fingerprint density at radius 2 is 1.83 bits per heavy atom. The van der Waals surface area contributed by atoms with E-state index in [1.807, 2.05) is 0 Å². The molecular formula is C2H6Cl2N2. The Hall–Kier alpha value is 0.500. The topological polar surface area (TPSA) is 38.0 Å². The maximum atomic E-state index is 5.25. The summed E-state index contributed by atoms with van der Waals surface area (Å²) in [5.74, 6) is 4.79. The summed E-state index contributed by atoms with van der Waals surface area (Å²) in [6.07, 6.45) is 0. The van der Waals surface area contributed by atoms with Crippen molar-refractivity contribution in [2.75, 3.05) is 0 Å². The lowest BCUT2D eigenvalue weighted by atomic mass is 10.8. The maximum Gasteiger partial charge on any atom is 0.177 e. The quantitative estimate of drug-likeness (QED) is 0.235. The van der Waals surface area contributed by atoms with E-state index in [0.29, 0.717) is 0 Å². The van der Waals surface area contributed by atoms with Gasteiger partial charge in [-0.3, -0.25) is 5.84 Å². The molecule has 0 aliphatic carbocycles. The van der Waals surface area contributed by atoms with Crippen LogP contribution in [0.25, 0.3) is 0 Å². The molecule has 0 aromatic rings. The first kappa shape index (κ1) is 6.50. The Morgan fingerprint density at radius 1 is 1.67 bits per heavy atom. The van der Waals surface area contributed by atoms with Gasteiger partial charge in [-0.2, -0.15) is 0 Å². The summed E-state index contributed by atoms with van der Waals surface area (Å²) in [7, 11) is 0. The highest BCUT2D eigenvalue weighted by Gasteiger charge is 2.10. The summed E-state index contributed by atoms with van der Waals surface area (Å²) in [5, 5.41) is 0. The van der Waals surface area contributed by atoms with Crippen LogP contribution in [0.1, 0.15) is 6.92 Å². The minimum Gasteiger partial charge on any atom is -0.269 e. The number of hydrogen-bond donors (Lipinski definition) is 2. The van der Waals surface area contributed by atoms with Gasteiger partial charge < -0.3 is 0 Å². The summed E-state index contributed by atoms with van der Waals surface area (Å²) in [6.45, 7) is 1.54. The van der Waals surface area contributed by atoms with E-state index in [2.05, 4.69) is 5.43 Å². The lowest BCUT2D eigenvalue weighted by molar-refractivity contribution is 0.667. The van der Waals surface area contributed by atoms with Crippen molar-refractivity contribution in [3.05, 3.63) is 0 Å². The highest BCUT2D eigenvalue weighted by atomic mass is 35.5. The first-order valence-electron chi connectivity index (χ1n) is 1.42. The maximum absolute atomic E-state index is 5.25. The van der Waals surface area contributed by atoms with Gasteiger partial charge in [0.2, 0.25) is 0 Å². The van der Waals surface area contributed by atoms with E-state index in [-0.39, 0.29) is 0 Å². The number of hydrogen-bond acceptors (Lipinski definition) is 2. The van der Waals surface area contributed by atoms with Crippen LogP contribution in [-0.2, 0) is 0 Å². The lowest BCUT2D eigenvalue weighted by Crippen LogP contribution is -2.36. The highest BCUT2D eigenvalue weighted by molar-refractivity contribution is 6.47. The molecule has 0 saturated heterocycles. The molecule has 0 heterocycles. The van der Waals surface area contributed by atoms with Crippen LogP contribution in [0.4, 0.5) is 0 Å². The van der Waals surface area contributed by atoms with Gasteiger partial charge in [-0.1, -0.05) is 23.2 Å². The molecule has 0 unspecified atom stereocenters. The largest absolute Gasteiger partial charge is 0.269 e. The zero-order valence-corrected chi connectivity index (χ0v) is 4.85. The van der Waals surface area contributed by atoms with Gasteiger partial charge >= 0.3 is 0 Å². The van der Waals surface area contributed by atoms with Gasteiger partial charge in [0.05, 0.1) is 0 Å². The van der Waals surface area contributed by atoms with Crippen molar-refractivity contribution >= 4 is 23.2 Å². The minimum atomic E-state index is -0.986. The number of hydrazine groups is 1. The second-order valence-electron chi connectivity index (χ2n) is 1.03. The number of nitrogens with two attached hydrogens (primary N) is 1. The fourth-order valence-corrected chi connectivity index (χ4v) is 0. The van der Waals surface area contributed by atoms with Crippen LogP contribution in [-0.4, -0.2) is 4.46 Å². The van der Waals surface area contributed by atoms with E-state index in [1.54, 1.807) is 0 Å². The van der Waals surface area contributed by atoms with Crippen LogP contribution in [0.5, 0.6) is 0 Å². The third-order valence-corrected chi connectivity index (χ3v) is 0.472. The predicted octanol–water partition coefficient (Wildman–Crippen LogP) is 0.601. The highest BCUT2D eigenvalue weighted by Crippen LogP contribution is 2.11. The summed E-state index contributed by atoms with van der Waals surface area (Å²) in [4.78, 5) is 0. The fraction of sp³-hybridized carbons (Fsp3) is 1.00. The minimum absolute atomic E-state index is 0.986. The van der Waals surface area contributed by atoms with Crippen molar-refractivity contribution in [1.29, 1.82) is 0 Å². The van der Waals surface area contributed by atoms with Gasteiger partial charge in [-0.15, -0.1) is 0 Å². The van der Waals surface area contributed by atoms with E-state index in [0.717, 1.165) is 0 Å². The van der Waals surface area contributed by atoms with Crippen LogP contribution in [0.15, 0.2) is 0 Å². The second kappa shape index (κ2) is 1.98. The van der Waals surface area contributed by atoms with Crippen molar-refractivity contribution in [3.63, 3.8) is 0 Å². The molecule has 4 heteroatoms. The van der Waals surface area contributed by atoms with Crippen LogP contribution >= 0.6 is 23.2 Å². The molecule has 6 heavy (non-hydrogen) atoms. The van der Waals surface area contributed by atoms with Crippen molar-refractivity contribution < 1.29 is 0 Å². The Labute approximate surface area is 46.6 Å².